The van der Waals surface area contributed by atoms with Crippen molar-refractivity contribution in [3.63, 3.8) is 0 Å². The number of nitrogens with one attached hydrogen (secondary N) is 1. The minimum absolute atomic E-state index is 0.00567. The summed E-state index contributed by atoms with van der Waals surface area (Å²) in [5.74, 6) is 0.00795. The number of H-pyrrole nitrogens is 1. The molecule has 16 heteroatoms. The van der Waals surface area contributed by atoms with Gasteiger partial charge in [0.05, 0.1) is 5.56 Å². The van der Waals surface area contributed by atoms with E-state index in [4.69, 9.17) is 0 Å². The molecule has 214 valence electrons. The van der Waals surface area contributed by atoms with E-state index in [1.807, 2.05) is 24.1 Å². The number of carbonyl (C=O) groups excluding carboxylic acids is 1. The first-order chi connectivity index (χ1) is 18.2. The third-order valence-electron chi connectivity index (χ3n) is 7.08. The van der Waals surface area contributed by atoms with Crippen molar-refractivity contribution in [1.29, 1.82) is 0 Å². The Hall–Kier alpha value is -3.43. The van der Waals surface area contributed by atoms with Gasteiger partial charge in [-0.25, -0.2) is 15.1 Å². The molecule has 0 saturated carbocycles. The third kappa shape index (κ3) is 6.59. The van der Waals surface area contributed by atoms with Gasteiger partial charge in [0.15, 0.2) is 0 Å². The number of hydrogen-bond acceptors (Lipinski definition) is 8. The summed E-state index contributed by atoms with van der Waals surface area (Å²) in [6, 6.07) is 0.483. The minimum atomic E-state index is -4.83. The summed E-state index contributed by atoms with van der Waals surface area (Å²) in [6.45, 7) is 1.73. The van der Waals surface area contributed by atoms with Gasteiger partial charge in [-0.15, -0.1) is 0 Å². The zero-order chi connectivity index (χ0) is 28.5. The molecule has 2 saturated heterocycles. The maximum absolute atomic E-state index is 13.3. The second-order valence-electron chi connectivity index (χ2n) is 9.80. The number of nitrogens with zero attached hydrogens (tertiary/aromatic N) is 7. The average Bonchev–Trinajstić information content (AvgIpc) is 3.31. The molecule has 2 aromatic heterocycles. The molecule has 1 N–H and O–H groups in total. The molecular weight excluding hydrogens is 534 g/mol. The molecule has 4 rings (SSSR count). The van der Waals surface area contributed by atoms with Gasteiger partial charge in [-0.05, 0) is 26.9 Å². The molecule has 0 aromatic carbocycles. The van der Waals surface area contributed by atoms with Gasteiger partial charge in [0.2, 0.25) is 11.9 Å². The van der Waals surface area contributed by atoms with Crippen molar-refractivity contribution in [2.24, 2.45) is 0 Å². The van der Waals surface area contributed by atoms with Gasteiger partial charge in [0, 0.05) is 69.7 Å². The Labute approximate surface area is 219 Å². The fourth-order valence-corrected chi connectivity index (χ4v) is 4.81. The summed E-state index contributed by atoms with van der Waals surface area (Å²) in [5, 5.41) is 5.78. The molecule has 0 unspecified atom stereocenters. The molecule has 0 spiro atoms. The molecule has 2 atom stereocenters. The fraction of sp³-hybridized carbons (Fsp3) is 0.609. The monoisotopic (exact) mass is 562 g/mol. The van der Waals surface area contributed by atoms with Crippen LogP contribution >= 0.6 is 0 Å². The Kier molecular flexibility index (Phi) is 8.04. The molecule has 1 amide bonds. The van der Waals surface area contributed by atoms with Crippen molar-refractivity contribution in [3.05, 3.63) is 39.9 Å². The number of aromatic amines is 1. The predicted octanol–water partition coefficient (Wildman–Crippen LogP) is 2.24. The second-order valence-corrected chi connectivity index (χ2v) is 9.80. The molecule has 39 heavy (non-hydrogen) atoms. The lowest BCUT2D eigenvalue weighted by atomic mass is 10.1. The summed E-state index contributed by atoms with van der Waals surface area (Å²) < 4.78 is 78.1. The van der Waals surface area contributed by atoms with Crippen LogP contribution in [0.5, 0.6) is 0 Å². The molecule has 10 nitrogen and oxygen atoms in total. The van der Waals surface area contributed by atoms with Gasteiger partial charge in [0.25, 0.3) is 5.56 Å². The van der Waals surface area contributed by atoms with Crippen LogP contribution in [0.1, 0.15) is 30.4 Å². The Morgan fingerprint density at radius 2 is 1.69 bits per heavy atom. The summed E-state index contributed by atoms with van der Waals surface area (Å²) in [5.41, 5.74) is -3.59. The molecule has 2 aliphatic heterocycles. The van der Waals surface area contributed by atoms with E-state index < -0.39 is 29.0 Å². The normalized spacial score (nSPS) is 20.7. The molecular formula is C23H28F6N8O2. The van der Waals surface area contributed by atoms with Crippen molar-refractivity contribution in [3.8, 4) is 0 Å². The van der Waals surface area contributed by atoms with E-state index in [-0.39, 0.29) is 36.2 Å². The molecule has 2 aromatic rings. The number of likely N-dealkylation sites (N-methyl/N-ethyl adjacent to an activating group) is 1. The van der Waals surface area contributed by atoms with Crippen LogP contribution < -0.4 is 15.4 Å². The molecule has 2 fully saturated rings. The maximum atomic E-state index is 13.3. The molecule has 0 aliphatic carbocycles. The first-order valence-electron chi connectivity index (χ1n) is 12.3. The highest BCUT2D eigenvalue weighted by Gasteiger charge is 2.39. The first kappa shape index (κ1) is 28.6. The van der Waals surface area contributed by atoms with Crippen LogP contribution in [-0.2, 0) is 17.1 Å². The number of alkyl halides is 6. The Morgan fingerprint density at radius 3 is 2.26 bits per heavy atom. The molecule has 2 aliphatic rings. The van der Waals surface area contributed by atoms with Crippen LogP contribution in [0.25, 0.3) is 0 Å². The summed E-state index contributed by atoms with van der Waals surface area (Å²) in [7, 11) is 3.72. The number of anilines is 2. The minimum Gasteiger partial charge on any atom is -0.351 e. The van der Waals surface area contributed by atoms with Gasteiger partial charge in [-0.1, -0.05) is 0 Å². The van der Waals surface area contributed by atoms with Gasteiger partial charge in [0.1, 0.15) is 11.4 Å². The number of aromatic nitrogens is 4. The van der Waals surface area contributed by atoms with E-state index in [0.29, 0.717) is 45.6 Å². The van der Waals surface area contributed by atoms with Crippen LogP contribution in [0.15, 0.2) is 23.3 Å². The number of halogens is 6. The van der Waals surface area contributed by atoms with Crippen LogP contribution in [0.4, 0.5) is 38.1 Å². The highest BCUT2D eigenvalue weighted by atomic mass is 19.4. The lowest BCUT2D eigenvalue weighted by Crippen LogP contribution is -2.49. The van der Waals surface area contributed by atoms with Gasteiger partial charge >= 0.3 is 12.4 Å². The van der Waals surface area contributed by atoms with Crippen molar-refractivity contribution < 1.29 is 31.1 Å². The lowest BCUT2D eigenvalue weighted by Gasteiger charge is -2.35. The number of rotatable bonds is 6. The van der Waals surface area contributed by atoms with E-state index in [0.717, 1.165) is 18.5 Å². The summed E-state index contributed by atoms with van der Waals surface area (Å²) in [4.78, 5) is 39.2. The van der Waals surface area contributed by atoms with Crippen molar-refractivity contribution in [2.75, 3.05) is 56.6 Å². The van der Waals surface area contributed by atoms with E-state index in [1.165, 1.54) is 0 Å². The molecule has 0 radical (unpaired) electrons. The van der Waals surface area contributed by atoms with Crippen LogP contribution in [0.2, 0.25) is 0 Å². The summed E-state index contributed by atoms with van der Waals surface area (Å²) in [6.07, 6.45) is -6.79. The Morgan fingerprint density at radius 1 is 1.05 bits per heavy atom. The van der Waals surface area contributed by atoms with Gasteiger partial charge in [-0.3, -0.25) is 9.59 Å². The second kappa shape index (κ2) is 11.0. The Balaban J connectivity index is 1.37. The van der Waals surface area contributed by atoms with E-state index in [2.05, 4.69) is 15.1 Å². The van der Waals surface area contributed by atoms with Gasteiger partial charge in [-0.2, -0.15) is 31.4 Å². The fourth-order valence-electron chi connectivity index (χ4n) is 4.81. The SMILES string of the molecule is CN(C)[C@H]1C[C@@H](CCC(=O)N2CCN(c3ncc(C(F)(F)F)cn3)CC2)N(c2cc(C(F)(F)F)c(=O)[nH]n2)C1. The zero-order valence-electron chi connectivity index (χ0n) is 21.3. The lowest BCUT2D eigenvalue weighted by molar-refractivity contribution is -0.139. The van der Waals surface area contributed by atoms with Crippen molar-refractivity contribution >= 4 is 17.7 Å². The van der Waals surface area contributed by atoms with E-state index >= 15 is 0 Å². The van der Waals surface area contributed by atoms with Crippen LogP contribution in [0.3, 0.4) is 0 Å². The maximum Gasteiger partial charge on any atom is 0.421 e. The number of amides is 1. The third-order valence-corrected chi connectivity index (χ3v) is 7.08. The molecule has 4 heterocycles. The van der Waals surface area contributed by atoms with Gasteiger partial charge < -0.3 is 19.6 Å². The van der Waals surface area contributed by atoms with Crippen LogP contribution in [0, 0.1) is 0 Å². The number of hydrogen-bond donors (Lipinski definition) is 1. The summed E-state index contributed by atoms with van der Waals surface area (Å²) >= 11 is 0. The average molecular weight is 563 g/mol. The van der Waals surface area contributed by atoms with E-state index in [1.54, 1.807) is 14.7 Å². The van der Waals surface area contributed by atoms with Crippen LogP contribution in [-0.4, -0.2) is 94.8 Å². The highest BCUT2D eigenvalue weighted by Crippen LogP contribution is 2.33. The van der Waals surface area contributed by atoms with Crippen molar-refractivity contribution in [2.45, 2.75) is 43.7 Å². The smallest absolute Gasteiger partial charge is 0.351 e. The zero-order valence-corrected chi connectivity index (χ0v) is 21.3. The Bertz CT molecular complexity index is 1210. The predicted molar refractivity (Wildman–Crippen MR) is 128 cm³/mol. The quantitative estimate of drug-likeness (QED) is 0.536. The first-order valence-corrected chi connectivity index (χ1v) is 12.3. The van der Waals surface area contributed by atoms with E-state index in [9.17, 15) is 35.9 Å². The topological polar surface area (TPSA) is 102 Å². The largest absolute Gasteiger partial charge is 0.421 e. The number of piperazine rings is 1. The highest BCUT2D eigenvalue weighted by molar-refractivity contribution is 5.76. The molecule has 0 bridgehead atoms. The van der Waals surface area contributed by atoms with Crippen molar-refractivity contribution in [1.82, 2.24) is 30.0 Å². The number of carbonyl (C=O) groups is 1. The standard InChI is InChI=1S/C23H28F6N8O2/c1-34(2)16-9-15(37(13-16)18-10-17(23(27,28)29)20(39)33-32-18)3-4-19(38)35-5-7-36(8-6-35)21-30-11-14(12-31-21)22(24,25)26/h10-12,15-16H,3-9,13H2,1-2H3,(H,33,39)/t15-,16+/m1/s1.